The summed E-state index contributed by atoms with van der Waals surface area (Å²) in [6.45, 7) is 5.53. The molecule has 0 spiro atoms. The van der Waals surface area contributed by atoms with Gasteiger partial charge in [0.2, 0.25) is 0 Å². The summed E-state index contributed by atoms with van der Waals surface area (Å²) in [6, 6.07) is 6.01. The molecule has 0 atom stereocenters. The fourth-order valence-electron chi connectivity index (χ4n) is 1.59. The maximum atomic E-state index is 9.87. The summed E-state index contributed by atoms with van der Waals surface area (Å²) in [6.07, 6.45) is 0. The average Bonchev–Trinajstić information content (AvgIpc) is 2.45. The minimum Gasteiger partial charge on any atom is -0.384 e. The highest BCUT2D eigenvalue weighted by Gasteiger charge is 2.21. The van der Waals surface area contributed by atoms with Crippen LogP contribution in [-0.2, 0) is 5.60 Å². The summed E-state index contributed by atoms with van der Waals surface area (Å²) in [5.41, 5.74) is 1.98. The average molecular weight is 190 g/mol. The van der Waals surface area contributed by atoms with Gasteiger partial charge in [-0.3, -0.25) is 5.10 Å². The number of hydrogen-bond donors (Lipinski definition) is 2. The molecule has 0 radical (unpaired) electrons. The summed E-state index contributed by atoms with van der Waals surface area (Å²) in [7, 11) is 0. The van der Waals surface area contributed by atoms with Gasteiger partial charge < -0.3 is 5.11 Å². The molecule has 3 heteroatoms. The van der Waals surface area contributed by atoms with Gasteiger partial charge in [0.15, 0.2) is 0 Å². The Hall–Kier alpha value is -1.35. The molecule has 1 heterocycles. The van der Waals surface area contributed by atoms with Crippen molar-refractivity contribution < 1.29 is 5.11 Å². The van der Waals surface area contributed by atoms with Gasteiger partial charge in [-0.25, -0.2) is 0 Å². The second-order valence-corrected chi connectivity index (χ2v) is 4.18. The number of benzene rings is 1. The lowest BCUT2D eigenvalue weighted by Gasteiger charge is -2.15. The Kier molecular flexibility index (Phi) is 1.86. The van der Waals surface area contributed by atoms with Crippen molar-refractivity contribution in [3.8, 4) is 0 Å². The Bertz CT molecular complexity index is 466. The molecule has 0 saturated carbocycles. The first-order valence-electron chi connectivity index (χ1n) is 4.66. The van der Waals surface area contributed by atoms with E-state index in [1.165, 1.54) is 5.56 Å². The van der Waals surface area contributed by atoms with Crippen LogP contribution in [0.2, 0.25) is 0 Å². The summed E-state index contributed by atoms with van der Waals surface area (Å²) >= 11 is 0. The Balaban J connectivity index is 2.70. The first-order chi connectivity index (χ1) is 6.48. The number of aliphatic hydroxyl groups is 1. The first kappa shape index (κ1) is 9.21. The van der Waals surface area contributed by atoms with Gasteiger partial charge in [-0.2, -0.15) is 5.10 Å². The van der Waals surface area contributed by atoms with Crippen molar-refractivity contribution in [1.29, 1.82) is 0 Å². The van der Waals surface area contributed by atoms with Gasteiger partial charge in [-0.15, -0.1) is 0 Å². The number of aromatic nitrogens is 2. The van der Waals surface area contributed by atoms with Crippen molar-refractivity contribution in [1.82, 2.24) is 10.2 Å². The molecule has 3 nitrogen and oxygen atoms in total. The Morgan fingerprint density at radius 1 is 1.36 bits per heavy atom. The molecule has 0 aliphatic rings. The molecule has 0 aliphatic heterocycles. The fraction of sp³-hybridized carbons (Fsp3) is 0.364. The number of aromatic amines is 1. The molecule has 0 unspecified atom stereocenters. The zero-order valence-corrected chi connectivity index (χ0v) is 8.63. The molecule has 1 aromatic carbocycles. The highest BCUT2D eigenvalue weighted by atomic mass is 16.3. The SMILES string of the molecule is Cc1ccc2c(C(C)(C)O)[nH]nc2c1. The van der Waals surface area contributed by atoms with E-state index >= 15 is 0 Å². The zero-order valence-electron chi connectivity index (χ0n) is 8.63. The summed E-state index contributed by atoms with van der Waals surface area (Å²) in [5, 5.41) is 17.9. The Labute approximate surface area is 82.8 Å². The van der Waals surface area contributed by atoms with Crippen molar-refractivity contribution in [2.75, 3.05) is 0 Å². The predicted octanol–water partition coefficient (Wildman–Crippen LogP) is 2.10. The standard InChI is InChI=1S/C11H14N2O/c1-7-4-5-8-9(6-7)12-13-10(8)11(2,3)14/h4-6,14H,1-3H3,(H,12,13). The maximum Gasteiger partial charge on any atom is 0.101 e. The van der Waals surface area contributed by atoms with Gasteiger partial charge in [0, 0.05) is 5.39 Å². The topological polar surface area (TPSA) is 48.9 Å². The van der Waals surface area contributed by atoms with Crippen molar-refractivity contribution in [3.05, 3.63) is 29.5 Å². The van der Waals surface area contributed by atoms with Crippen molar-refractivity contribution in [2.45, 2.75) is 26.4 Å². The van der Waals surface area contributed by atoms with Crippen LogP contribution in [0.4, 0.5) is 0 Å². The third-order valence-corrected chi connectivity index (χ3v) is 2.32. The monoisotopic (exact) mass is 190 g/mol. The molecule has 2 rings (SSSR count). The first-order valence-corrected chi connectivity index (χ1v) is 4.66. The van der Waals surface area contributed by atoms with E-state index in [0.717, 1.165) is 16.6 Å². The highest BCUT2D eigenvalue weighted by Crippen LogP contribution is 2.26. The largest absolute Gasteiger partial charge is 0.384 e. The van der Waals surface area contributed by atoms with E-state index < -0.39 is 5.60 Å². The number of rotatable bonds is 1. The van der Waals surface area contributed by atoms with E-state index in [2.05, 4.69) is 10.2 Å². The van der Waals surface area contributed by atoms with Gasteiger partial charge in [0.1, 0.15) is 5.60 Å². The minimum absolute atomic E-state index is 0.771. The zero-order chi connectivity index (χ0) is 10.3. The number of nitrogens with one attached hydrogen (secondary N) is 1. The lowest BCUT2D eigenvalue weighted by Crippen LogP contribution is -2.16. The molecular formula is C11H14N2O. The second kappa shape index (κ2) is 2.82. The third kappa shape index (κ3) is 1.40. The van der Waals surface area contributed by atoms with Crippen LogP contribution in [0, 0.1) is 6.92 Å². The maximum absolute atomic E-state index is 9.87. The third-order valence-electron chi connectivity index (χ3n) is 2.32. The Morgan fingerprint density at radius 2 is 2.07 bits per heavy atom. The Morgan fingerprint density at radius 3 is 2.71 bits per heavy atom. The van der Waals surface area contributed by atoms with Crippen molar-refractivity contribution >= 4 is 10.9 Å². The normalized spacial score (nSPS) is 12.3. The van der Waals surface area contributed by atoms with Gasteiger partial charge in [0.05, 0.1) is 11.2 Å². The lowest BCUT2D eigenvalue weighted by molar-refractivity contribution is 0.0753. The molecule has 14 heavy (non-hydrogen) atoms. The summed E-state index contributed by atoms with van der Waals surface area (Å²) in [4.78, 5) is 0. The number of H-pyrrole nitrogens is 1. The molecule has 2 N–H and O–H groups in total. The molecule has 74 valence electrons. The highest BCUT2D eigenvalue weighted by molar-refractivity contribution is 5.82. The van der Waals surface area contributed by atoms with Crippen LogP contribution in [0.15, 0.2) is 18.2 Å². The molecule has 0 bridgehead atoms. The van der Waals surface area contributed by atoms with Gasteiger partial charge in [0.25, 0.3) is 0 Å². The summed E-state index contributed by atoms with van der Waals surface area (Å²) < 4.78 is 0. The molecule has 2 aromatic rings. The molecule has 1 aromatic heterocycles. The van der Waals surface area contributed by atoms with Crippen LogP contribution >= 0.6 is 0 Å². The van der Waals surface area contributed by atoms with E-state index in [9.17, 15) is 5.11 Å². The van der Waals surface area contributed by atoms with Crippen LogP contribution in [0.1, 0.15) is 25.1 Å². The van der Waals surface area contributed by atoms with Gasteiger partial charge >= 0.3 is 0 Å². The van der Waals surface area contributed by atoms with Gasteiger partial charge in [-0.1, -0.05) is 12.1 Å². The van der Waals surface area contributed by atoms with Crippen LogP contribution in [0.25, 0.3) is 10.9 Å². The molecule has 0 saturated heterocycles. The molecule has 0 aliphatic carbocycles. The van der Waals surface area contributed by atoms with E-state index in [1.807, 2.05) is 25.1 Å². The van der Waals surface area contributed by atoms with E-state index in [1.54, 1.807) is 13.8 Å². The van der Waals surface area contributed by atoms with Gasteiger partial charge in [-0.05, 0) is 32.4 Å². The predicted molar refractivity (Wildman–Crippen MR) is 56.1 cm³/mol. The number of nitrogens with zero attached hydrogens (tertiary/aromatic N) is 1. The van der Waals surface area contributed by atoms with Crippen LogP contribution in [0.5, 0.6) is 0 Å². The smallest absolute Gasteiger partial charge is 0.101 e. The lowest BCUT2D eigenvalue weighted by atomic mass is 10.0. The number of hydrogen-bond acceptors (Lipinski definition) is 2. The molecule has 0 fully saturated rings. The quantitative estimate of drug-likeness (QED) is 0.723. The minimum atomic E-state index is -0.871. The summed E-state index contributed by atoms with van der Waals surface area (Å²) in [5.74, 6) is 0. The number of fused-ring (bicyclic) bond motifs is 1. The van der Waals surface area contributed by atoms with E-state index in [-0.39, 0.29) is 0 Å². The van der Waals surface area contributed by atoms with Crippen LogP contribution < -0.4 is 0 Å². The number of aryl methyl sites for hydroxylation is 1. The fourth-order valence-corrected chi connectivity index (χ4v) is 1.59. The van der Waals surface area contributed by atoms with Crippen molar-refractivity contribution in [3.63, 3.8) is 0 Å². The second-order valence-electron chi connectivity index (χ2n) is 4.18. The molecular weight excluding hydrogens is 176 g/mol. The van der Waals surface area contributed by atoms with Crippen LogP contribution in [0.3, 0.4) is 0 Å². The van der Waals surface area contributed by atoms with E-state index in [0.29, 0.717) is 0 Å². The van der Waals surface area contributed by atoms with Crippen LogP contribution in [-0.4, -0.2) is 15.3 Å². The van der Waals surface area contributed by atoms with E-state index in [4.69, 9.17) is 0 Å². The molecule has 0 amide bonds. The van der Waals surface area contributed by atoms with Crippen molar-refractivity contribution in [2.24, 2.45) is 0 Å².